The van der Waals surface area contributed by atoms with Crippen molar-refractivity contribution >= 4 is 17.8 Å². The summed E-state index contributed by atoms with van der Waals surface area (Å²) in [5, 5.41) is 0. The number of ketones is 1. The van der Waals surface area contributed by atoms with Crippen LogP contribution in [0.2, 0.25) is 0 Å². The Kier molecular flexibility index (Phi) is 4.50. The quantitative estimate of drug-likeness (QED) is 0.424. The number of carbonyl (C=O) groups excluding carboxylic acids is 2. The Morgan fingerprint density at radius 2 is 1.77 bits per heavy atom. The van der Waals surface area contributed by atoms with Crippen molar-refractivity contribution in [2.45, 2.75) is 32.6 Å². The van der Waals surface area contributed by atoms with Gasteiger partial charge in [-0.1, -0.05) is 19.9 Å². The highest BCUT2D eigenvalue weighted by molar-refractivity contribution is 6.15. The van der Waals surface area contributed by atoms with Crippen molar-refractivity contribution in [3.8, 4) is 23.0 Å². The number of hydrogen-bond donors (Lipinski definition) is 0. The lowest BCUT2D eigenvalue weighted by atomic mass is 9.84. The van der Waals surface area contributed by atoms with Gasteiger partial charge in [0.25, 0.3) is 0 Å². The molecular formula is C24H22O6. The van der Waals surface area contributed by atoms with Crippen LogP contribution in [0, 0.1) is 5.92 Å². The van der Waals surface area contributed by atoms with Gasteiger partial charge in [0.2, 0.25) is 5.78 Å². The van der Waals surface area contributed by atoms with Gasteiger partial charge in [0, 0.05) is 11.5 Å². The lowest BCUT2D eigenvalue weighted by Crippen LogP contribution is -2.21. The molecule has 0 aliphatic carbocycles. The number of carbonyl (C=O) groups is 2. The molecule has 0 bridgehead atoms. The maximum absolute atomic E-state index is 13.0. The zero-order valence-electron chi connectivity index (χ0n) is 16.9. The van der Waals surface area contributed by atoms with E-state index in [-0.39, 0.29) is 23.4 Å². The molecule has 6 heteroatoms. The van der Waals surface area contributed by atoms with Crippen LogP contribution in [-0.4, -0.2) is 25.0 Å². The molecule has 2 aromatic carbocycles. The molecule has 3 aliphatic heterocycles. The first-order valence-corrected chi connectivity index (χ1v) is 10.2. The third-order valence-electron chi connectivity index (χ3n) is 5.50. The van der Waals surface area contributed by atoms with E-state index in [0.717, 1.165) is 17.5 Å². The molecule has 30 heavy (non-hydrogen) atoms. The summed E-state index contributed by atoms with van der Waals surface area (Å²) in [6.45, 7) is 5.25. The molecule has 6 nitrogen and oxygen atoms in total. The van der Waals surface area contributed by atoms with E-state index in [1.807, 2.05) is 18.2 Å². The molecule has 3 aliphatic rings. The number of fused-ring (bicyclic) bond motifs is 4. The summed E-state index contributed by atoms with van der Waals surface area (Å²) >= 11 is 0. The highest BCUT2D eigenvalue weighted by Gasteiger charge is 2.38. The predicted molar refractivity (Wildman–Crippen MR) is 109 cm³/mol. The Morgan fingerprint density at radius 1 is 1.00 bits per heavy atom. The van der Waals surface area contributed by atoms with Gasteiger partial charge < -0.3 is 18.9 Å². The van der Waals surface area contributed by atoms with Crippen LogP contribution in [0.15, 0.2) is 36.1 Å². The molecule has 3 heterocycles. The molecule has 0 spiro atoms. The van der Waals surface area contributed by atoms with Gasteiger partial charge in [-0.15, -0.1) is 0 Å². The minimum atomic E-state index is -0.246. The standard InChI is InChI=1S/C24H22O6/c1-13(2)9-15-12-21(25)29-18-6-4-16-23(26)20(30-24(16)22(15)18)11-14-3-5-17-19(10-14)28-8-7-27-17/h3-6,10-11,13,15H,7-9,12H2,1-2H3/b20-11-. The molecule has 0 aromatic heterocycles. The zero-order chi connectivity index (χ0) is 20.8. The highest BCUT2D eigenvalue weighted by atomic mass is 16.6. The van der Waals surface area contributed by atoms with E-state index in [0.29, 0.717) is 54.1 Å². The summed E-state index contributed by atoms with van der Waals surface area (Å²) < 4.78 is 22.7. The van der Waals surface area contributed by atoms with Crippen LogP contribution >= 0.6 is 0 Å². The third kappa shape index (κ3) is 3.22. The SMILES string of the molecule is CC(C)CC1CC(=O)Oc2ccc3c(c21)O/C(=C\c1ccc2c(c1)OCCO2)C3=O. The molecule has 2 aromatic rings. The summed E-state index contributed by atoms with van der Waals surface area (Å²) in [6.07, 6.45) is 2.82. The van der Waals surface area contributed by atoms with Gasteiger partial charge in [0.05, 0.1) is 12.0 Å². The summed E-state index contributed by atoms with van der Waals surface area (Å²) in [5.74, 6) is 2.54. The van der Waals surface area contributed by atoms with E-state index >= 15 is 0 Å². The molecule has 0 saturated carbocycles. The molecule has 1 unspecified atom stereocenters. The molecule has 0 N–H and O–H groups in total. The van der Waals surface area contributed by atoms with E-state index in [4.69, 9.17) is 18.9 Å². The predicted octanol–water partition coefficient (Wildman–Crippen LogP) is 4.51. The topological polar surface area (TPSA) is 71.1 Å². The summed E-state index contributed by atoms with van der Waals surface area (Å²) in [6, 6.07) is 8.89. The third-order valence-corrected chi connectivity index (χ3v) is 5.50. The van der Waals surface area contributed by atoms with Crippen molar-refractivity contribution in [1.82, 2.24) is 0 Å². The number of allylic oxidation sites excluding steroid dienone is 1. The van der Waals surface area contributed by atoms with Gasteiger partial charge >= 0.3 is 5.97 Å². The van der Waals surface area contributed by atoms with Crippen molar-refractivity contribution in [2.24, 2.45) is 5.92 Å². The fraction of sp³-hybridized carbons (Fsp3) is 0.333. The number of esters is 1. The average Bonchev–Trinajstić information content (AvgIpc) is 3.02. The Balaban J connectivity index is 1.52. The monoisotopic (exact) mass is 406 g/mol. The number of benzene rings is 2. The number of rotatable bonds is 3. The minimum absolute atomic E-state index is 0.0300. The summed E-state index contributed by atoms with van der Waals surface area (Å²) in [7, 11) is 0. The van der Waals surface area contributed by atoms with Gasteiger partial charge in [-0.3, -0.25) is 9.59 Å². The molecular weight excluding hydrogens is 384 g/mol. The highest BCUT2D eigenvalue weighted by Crippen LogP contribution is 2.48. The van der Waals surface area contributed by atoms with Crippen LogP contribution in [-0.2, 0) is 4.79 Å². The second-order valence-corrected chi connectivity index (χ2v) is 8.20. The Bertz CT molecular complexity index is 1080. The maximum atomic E-state index is 13.0. The lowest BCUT2D eigenvalue weighted by molar-refractivity contribution is -0.136. The van der Waals surface area contributed by atoms with Gasteiger partial charge in [0.15, 0.2) is 17.3 Å². The molecule has 5 rings (SSSR count). The molecule has 154 valence electrons. The largest absolute Gasteiger partial charge is 0.486 e. The van der Waals surface area contributed by atoms with E-state index in [1.54, 1.807) is 18.2 Å². The van der Waals surface area contributed by atoms with Crippen molar-refractivity contribution in [1.29, 1.82) is 0 Å². The molecule has 1 atom stereocenters. The van der Waals surface area contributed by atoms with E-state index < -0.39 is 0 Å². The zero-order valence-corrected chi connectivity index (χ0v) is 16.9. The van der Waals surface area contributed by atoms with Gasteiger partial charge in [-0.05, 0) is 48.2 Å². The number of ether oxygens (including phenoxy) is 4. The maximum Gasteiger partial charge on any atom is 0.311 e. The summed E-state index contributed by atoms with van der Waals surface area (Å²) in [4.78, 5) is 25.1. The summed E-state index contributed by atoms with van der Waals surface area (Å²) in [5.41, 5.74) is 2.11. The Morgan fingerprint density at radius 3 is 2.57 bits per heavy atom. The van der Waals surface area contributed by atoms with Crippen molar-refractivity contribution < 1.29 is 28.5 Å². The molecule has 0 radical (unpaired) electrons. The van der Waals surface area contributed by atoms with Gasteiger partial charge in [-0.25, -0.2) is 0 Å². The smallest absolute Gasteiger partial charge is 0.311 e. The van der Waals surface area contributed by atoms with Crippen LogP contribution in [0.5, 0.6) is 23.0 Å². The van der Waals surface area contributed by atoms with Crippen LogP contribution in [0.25, 0.3) is 6.08 Å². The van der Waals surface area contributed by atoms with E-state index in [1.165, 1.54) is 0 Å². The first-order chi connectivity index (χ1) is 14.5. The number of Topliss-reactive ketones (excluding diaryl/α,β-unsaturated/α-hetero) is 1. The van der Waals surface area contributed by atoms with Gasteiger partial charge in [0.1, 0.15) is 24.7 Å². The molecule has 0 fully saturated rings. The Labute approximate surface area is 174 Å². The average molecular weight is 406 g/mol. The fourth-order valence-electron chi connectivity index (χ4n) is 4.27. The fourth-order valence-corrected chi connectivity index (χ4v) is 4.27. The van der Waals surface area contributed by atoms with Crippen LogP contribution in [0.4, 0.5) is 0 Å². The minimum Gasteiger partial charge on any atom is -0.486 e. The molecule has 0 amide bonds. The second-order valence-electron chi connectivity index (χ2n) is 8.20. The number of hydrogen-bond acceptors (Lipinski definition) is 6. The first kappa shape index (κ1) is 18.7. The molecule has 0 saturated heterocycles. The van der Waals surface area contributed by atoms with E-state index in [2.05, 4.69) is 13.8 Å². The first-order valence-electron chi connectivity index (χ1n) is 10.2. The van der Waals surface area contributed by atoms with Crippen molar-refractivity contribution in [2.75, 3.05) is 13.2 Å². The van der Waals surface area contributed by atoms with Crippen LogP contribution < -0.4 is 18.9 Å². The Hall–Kier alpha value is -3.28. The normalized spacial score (nSPS) is 20.6. The van der Waals surface area contributed by atoms with Gasteiger partial charge in [-0.2, -0.15) is 0 Å². The van der Waals surface area contributed by atoms with Crippen molar-refractivity contribution in [3.05, 3.63) is 52.8 Å². The van der Waals surface area contributed by atoms with Crippen LogP contribution in [0.3, 0.4) is 0 Å². The van der Waals surface area contributed by atoms with E-state index in [9.17, 15) is 9.59 Å². The second kappa shape index (κ2) is 7.20. The van der Waals surface area contributed by atoms with Crippen molar-refractivity contribution in [3.63, 3.8) is 0 Å². The van der Waals surface area contributed by atoms with Crippen LogP contribution in [0.1, 0.15) is 54.1 Å². The lowest BCUT2D eigenvalue weighted by Gasteiger charge is -2.27.